The molecule has 0 aliphatic rings. The Kier molecular flexibility index (Phi) is 7.47. The van der Waals surface area contributed by atoms with Crippen LogP contribution in [0.1, 0.15) is 22.1 Å². The number of carboxylic acids is 2. The van der Waals surface area contributed by atoms with Crippen LogP contribution in [0.25, 0.3) is 0 Å². The molecular weight excluding hydrogens is 319 g/mol. The van der Waals surface area contributed by atoms with E-state index in [9.17, 15) is 18.0 Å². The second-order valence-electron chi connectivity index (χ2n) is 3.58. The fraction of sp³-hybridized carbons (Fsp3) is 0.200. The summed E-state index contributed by atoms with van der Waals surface area (Å²) < 4.78 is 27.5. The number of benzene rings is 1. The van der Waals surface area contributed by atoms with Crippen LogP contribution in [-0.4, -0.2) is 53.7 Å². The zero-order valence-electron chi connectivity index (χ0n) is 11.8. The van der Waals surface area contributed by atoms with E-state index < -0.39 is 51.0 Å². The van der Waals surface area contributed by atoms with Crippen LogP contribution in [0.2, 0.25) is 0 Å². The molecule has 21 heavy (non-hydrogen) atoms. The molecule has 112 valence electrons. The SMILES string of the molecule is O=C(O)c1cc(C(=O)O)cc(S(=O)(=O)OCC(O)O)c1.[H-].[Na+]. The van der Waals surface area contributed by atoms with Crippen molar-refractivity contribution in [3.63, 3.8) is 0 Å². The standard InChI is InChI=1S/C10H10O9S.Na.H/c11-8(12)4-19-20(17,18)7-2-5(9(13)14)1-6(3-7)10(15)16;;/h1-3,8,11-12H,4H2,(H,13,14)(H,15,16);;/q;+1;-1. The first kappa shape index (κ1) is 20.0. The van der Waals surface area contributed by atoms with Gasteiger partial charge >= 0.3 is 41.5 Å². The van der Waals surface area contributed by atoms with Crippen molar-refractivity contribution >= 4 is 22.1 Å². The van der Waals surface area contributed by atoms with Gasteiger partial charge in [0.15, 0.2) is 6.29 Å². The molecule has 0 unspecified atom stereocenters. The summed E-state index contributed by atoms with van der Waals surface area (Å²) in [6.45, 7) is -0.970. The van der Waals surface area contributed by atoms with E-state index in [1.165, 1.54) is 0 Å². The largest absolute Gasteiger partial charge is 1.00 e. The van der Waals surface area contributed by atoms with Crippen LogP contribution in [-0.2, 0) is 14.3 Å². The minimum absolute atomic E-state index is 0. The quantitative estimate of drug-likeness (QED) is 0.233. The van der Waals surface area contributed by atoms with E-state index in [1.807, 2.05) is 0 Å². The molecule has 0 aliphatic heterocycles. The third-order valence-corrected chi connectivity index (χ3v) is 3.32. The maximum atomic E-state index is 11.7. The number of carboxylic acid groups (broad SMARTS) is 2. The summed E-state index contributed by atoms with van der Waals surface area (Å²) in [5, 5.41) is 34.6. The minimum atomic E-state index is -4.51. The van der Waals surface area contributed by atoms with Gasteiger partial charge in [-0.1, -0.05) is 0 Å². The summed E-state index contributed by atoms with van der Waals surface area (Å²) in [7, 11) is -4.51. The number of hydrogen-bond acceptors (Lipinski definition) is 7. The molecular formula is C10H11NaO9S. The Labute approximate surface area is 142 Å². The van der Waals surface area contributed by atoms with Gasteiger partial charge in [0.1, 0.15) is 6.61 Å². The zero-order valence-corrected chi connectivity index (χ0v) is 13.6. The Hall–Kier alpha value is -1.01. The molecule has 0 fully saturated rings. The fourth-order valence-electron chi connectivity index (χ4n) is 1.21. The van der Waals surface area contributed by atoms with E-state index >= 15 is 0 Å². The van der Waals surface area contributed by atoms with Crippen LogP contribution in [0.4, 0.5) is 0 Å². The van der Waals surface area contributed by atoms with E-state index in [0.29, 0.717) is 12.1 Å². The van der Waals surface area contributed by atoms with E-state index in [1.54, 1.807) is 0 Å². The van der Waals surface area contributed by atoms with E-state index in [0.717, 1.165) is 6.07 Å². The summed E-state index contributed by atoms with van der Waals surface area (Å²) >= 11 is 0. The Morgan fingerprint density at radius 1 is 1.10 bits per heavy atom. The fourth-order valence-corrected chi connectivity index (χ4v) is 2.19. The van der Waals surface area contributed by atoms with Gasteiger partial charge in [-0.25, -0.2) is 9.59 Å². The van der Waals surface area contributed by atoms with Crippen molar-refractivity contribution in [2.75, 3.05) is 6.61 Å². The zero-order chi connectivity index (χ0) is 15.5. The van der Waals surface area contributed by atoms with Crippen molar-refractivity contribution in [1.29, 1.82) is 0 Å². The van der Waals surface area contributed by atoms with Crippen molar-refractivity contribution in [3.8, 4) is 0 Å². The van der Waals surface area contributed by atoms with Gasteiger partial charge in [0.05, 0.1) is 16.0 Å². The van der Waals surface area contributed by atoms with Gasteiger partial charge in [-0.3, -0.25) is 4.18 Å². The Bertz CT molecular complexity index is 612. The molecule has 0 amide bonds. The summed E-state index contributed by atoms with van der Waals surface area (Å²) in [5.41, 5.74) is -1.12. The molecule has 0 aromatic heterocycles. The predicted octanol–water partition coefficient (Wildman–Crippen LogP) is -3.78. The first-order valence-corrected chi connectivity index (χ1v) is 6.41. The van der Waals surface area contributed by atoms with Gasteiger partial charge in [-0.15, -0.1) is 0 Å². The predicted molar refractivity (Wildman–Crippen MR) is 62.8 cm³/mol. The Morgan fingerprint density at radius 3 is 1.86 bits per heavy atom. The second-order valence-corrected chi connectivity index (χ2v) is 5.19. The first-order valence-electron chi connectivity index (χ1n) is 5.00. The maximum Gasteiger partial charge on any atom is 1.00 e. The summed E-state index contributed by atoms with van der Waals surface area (Å²) in [4.78, 5) is 20.9. The molecule has 0 heterocycles. The first-order chi connectivity index (χ1) is 9.13. The molecule has 1 aromatic carbocycles. The smallest absolute Gasteiger partial charge is 1.00 e. The van der Waals surface area contributed by atoms with Gasteiger partial charge in [0, 0.05) is 0 Å². The van der Waals surface area contributed by atoms with Crippen LogP contribution >= 0.6 is 0 Å². The molecule has 0 saturated carbocycles. The monoisotopic (exact) mass is 330 g/mol. The molecule has 1 rings (SSSR count). The molecule has 0 bridgehead atoms. The minimum Gasteiger partial charge on any atom is -1.00 e. The summed E-state index contributed by atoms with van der Waals surface area (Å²) in [6, 6.07) is 2.19. The topological polar surface area (TPSA) is 158 Å². The average Bonchev–Trinajstić information content (AvgIpc) is 2.35. The number of carbonyl (C=O) groups is 2. The van der Waals surface area contributed by atoms with Crippen LogP contribution in [0.15, 0.2) is 23.1 Å². The maximum absolute atomic E-state index is 11.7. The number of aliphatic hydroxyl groups excluding tert-OH is 1. The molecule has 0 aliphatic carbocycles. The van der Waals surface area contributed by atoms with Crippen molar-refractivity contribution in [3.05, 3.63) is 29.3 Å². The van der Waals surface area contributed by atoms with Gasteiger partial charge < -0.3 is 21.9 Å². The van der Waals surface area contributed by atoms with Crippen LogP contribution in [0, 0.1) is 0 Å². The van der Waals surface area contributed by atoms with Gasteiger partial charge in [0.25, 0.3) is 10.1 Å². The Morgan fingerprint density at radius 2 is 1.52 bits per heavy atom. The molecule has 0 atom stereocenters. The van der Waals surface area contributed by atoms with E-state index in [4.69, 9.17) is 20.4 Å². The second kappa shape index (κ2) is 7.84. The van der Waals surface area contributed by atoms with E-state index in [-0.39, 0.29) is 31.0 Å². The molecule has 1 aromatic rings. The number of rotatable bonds is 6. The van der Waals surface area contributed by atoms with Gasteiger partial charge in [-0.2, -0.15) is 8.42 Å². The van der Waals surface area contributed by atoms with Crippen molar-refractivity contribution in [2.24, 2.45) is 0 Å². The molecule has 4 N–H and O–H groups in total. The normalized spacial score (nSPS) is 11.0. The number of aromatic carboxylic acids is 2. The average molecular weight is 330 g/mol. The third-order valence-electron chi connectivity index (χ3n) is 2.06. The van der Waals surface area contributed by atoms with Gasteiger partial charge in [0.2, 0.25) is 0 Å². The molecule has 0 saturated heterocycles. The van der Waals surface area contributed by atoms with Crippen LogP contribution in [0.5, 0.6) is 0 Å². The molecule has 9 nitrogen and oxygen atoms in total. The summed E-state index contributed by atoms with van der Waals surface area (Å²) in [5.74, 6) is -3.04. The summed E-state index contributed by atoms with van der Waals surface area (Å²) in [6.07, 6.45) is -2.05. The molecule has 0 radical (unpaired) electrons. The van der Waals surface area contributed by atoms with E-state index in [2.05, 4.69) is 4.18 Å². The van der Waals surface area contributed by atoms with Crippen molar-refractivity contribution in [2.45, 2.75) is 11.2 Å². The van der Waals surface area contributed by atoms with Crippen molar-refractivity contribution < 1.29 is 73.6 Å². The number of aliphatic hydroxyl groups is 2. The Balaban J connectivity index is 0. The molecule has 0 spiro atoms. The third kappa shape index (κ3) is 5.71. The number of hydrogen-bond donors (Lipinski definition) is 4. The molecule has 11 heteroatoms. The van der Waals surface area contributed by atoms with Crippen LogP contribution in [0.3, 0.4) is 0 Å². The van der Waals surface area contributed by atoms with Crippen LogP contribution < -0.4 is 29.6 Å². The van der Waals surface area contributed by atoms with Crippen molar-refractivity contribution in [1.82, 2.24) is 0 Å². The van der Waals surface area contributed by atoms with Gasteiger partial charge in [-0.05, 0) is 18.2 Å².